The minimum atomic E-state index is -1.16. The van der Waals surface area contributed by atoms with Crippen molar-refractivity contribution in [3.8, 4) is 23.0 Å². The first-order valence-electron chi connectivity index (χ1n) is 12.6. The van der Waals surface area contributed by atoms with E-state index in [1.807, 2.05) is 54.6 Å². The Bertz CT molecular complexity index is 1290. The molecule has 0 radical (unpaired) electrons. The maximum atomic E-state index is 13.6. The number of hydrogen-bond acceptors (Lipinski definition) is 6. The molecule has 3 aromatic carbocycles. The molecule has 9 heteroatoms. The number of nitrogens with zero attached hydrogens (tertiary/aromatic N) is 1. The van der Waals surface area contributed by atoms with E-state index in [2.05, 4.69) is 0 Å². The van der Waals surface area contributed by atoms with Crippen LogP contribution in [0.25, 0.3) is 0 Å². The van der Waals surface area contributed by atoms with Crippen molar-refractivity contribution in [2.24, 2.45) is 17.8 Å². The van der Waals surface area contributed by atoms with Gasteiger partial charge < -0.3 is 29.3 Å². The van der Waals surface area contributed by atoms with Gasteiger partial charge in [-0.3, -0.25) is 14.4 Å². The Morgan fingerprint density at radius 3 is 1.97 bits per heavy atom. The molecule has 9 nitrogen and oxygen atoms in total. The number of amides is 1. The van der Waals surface area contributed by atoms with Gasteiger partial charge in [0.1, 0.15) is 11.5 Å². The predicted molar refractivity (Wildman–Crippen MR) is 142 cm³/mol. The minimum Gasteiger partial charge on any atom is -0.493 e. The zero-order valence-electron chi connectivity index (χ0n) is 21.8. The van der Waals surface area contributed by atoms with Crippen LogP contribution in [0.4, 0.5) is 0 Å². The lowest BCUT2D eigenvalue weighted by atomic mass is 9.64. The van der Waals surface area contributed by atoms with Crippen LogP contribution >= 0.6 is 0 Å². The Hall–Kier alpha value is -4.53. The Labute approximate surface area is 226 Å². The molecule has 0 aromatic heterocycles. The summed E-state index contributed by atoms with van der Waals surface area (Å²) in [5.74, 6) is -3.51. The molecule has 2 atom stereocenters. The van der Waals surface area contributed by atoms with E-state index in [4.69, 9.17) is 14.2 Å². The molecule has 39 heavy (non-hydrogen) atoms. The number of hydrogen-bond donors (Lipinski definition) is 2. The van der Waals surface area contributed by atoms with Crippen LogP contribution in [0.5, 0.6) is 23.0 Å². The number of carboxylic acids is 2. The molecule has 0 saturated heterocycles. The first-order chi connectivity index (χ1) is 18.8. The molecule has 0 spiro atoms. The number of carboxylic acid groups (broad SMARTS) is 2. The summed E-state index contributed by atoms with van der Waals surface area (Å²) in [5.41, 5.74) is 1.68. The summed E-state index contributed by atoms with van der Waals surface area (Å²) < 4.78 is 16.5. The van der Waals surface area contributed by atoms with Crippen LogP contribution in [0, 0.1) is 17.8 Å². The highest BCUT2D eigenvalue weighted by atomic mass is 16.5. The van der Waals surface area contributed by atoms with Crippen molar-refractivity contribution < 1.29 is 38.8 Å². The number of aliphatic carboxylic acids is 2. The number of carbonyl (C=O) groups is 3. The van der Waals surface area contributed by atoms with Gasteiger partial charge in [0.25, 0.3) is 0 Å². The highest BCUT2D eigenvalue weighted by Gasteiger charge is 2.54. The molecule has 2 unspecified atom stereocenters. The summed E-state index contributed by atoms with van der Waals surface area (Å²) >= 11 is 0. The van der Waals surface area contributed by atoms with Gasteiger partial charge in [0.15, 0.2) is 11.5 Å². The fraction of sp³-hybridized carbons (Fsp3) is 0.300. The van der Waals surface area contributed by atoms with Crippen LogP contribution in [0.2, 0.25) is 0 Å². The van der Waals surface area contributed by atoms with Gasteiger partial charge in [-0.15, -0.1) is 0 Å². The molecular weight excluding hydrogens is 502 g/mol. The molecule has 1 aliphatic carbocycles. The van der Waals surface area contributed by atoms with Crippen molar-refractivity contribution in [2.75, 3.05) is 20.8 Å². The third-order valence-electron chi connectivity index (χ3n) is 7.00. The number of rotatable bonds is 12. The Morgan fingerprint density at radius 2 is 1.38 bits per heavy atom. The van der Waals surface area contributed by atoms with Crippen LogP contribution in [0.1, 0.15) is 17.5 Å². The molecule has 3 aromatic rings. The van der Waals surface area contributed by atoms with Crippen LogP contribution in [-0.2, 0) is 27.3 Å². The summed E-state index contributed by atoms with van der Waals surface area (Å²) in [5, 5.41) is 19.2. The van der Waals surface area contributed by atoms with E-state index in [1.165, 1.54) is 7.11 Å². The average Bonchev–Trinajstić information content (AvgIpc) is 2.91. The van der Waals surface area contributed by atoms with Crippen molar-refractivity contribution in [1.29, 1.82) is 0 Å². The van der Waals surface area contributed by atoms with E-state index in [1.54, 1.807) is 30.2 Å². The molecular formula is C30H31NO8. The standard InChI is InChI=1S/C30H31NO8/c1-37-25-13-10-19(16-26(25)38-2)14-15-31(28(32)27-23(29(33)34)17-24(27)30(35)36)18-20-8-11-22(12-9-20)39-21-6-4-3-5-7-21/h3-13,16,23-24,27H,14-15,17-18H2,1-2H3,(H,33,34)(H,35,36). The molecule has 1 fully saturated rings. The van der Waals surface area contributed by atoms with Crippen LogP contribution < -0.4 is 14.2 Å². The van der Waals surface area contributed by atoms with Gasteiger partial charge in [-0.05, 0) is 60.4 Å². The van der Waals surface area contributed by atoms with Crippen molar-refractivity contribution in [1.82, 2.24) is 4.90 Å². The molecule has 204 valence electrons. The fourth-order valence-electron chi connectivity index (χ4n) is 4.79. The molecule has 0 aliphatic heterocycles. The summed E-state index contributed by atoms with van der Waals surface area (Å²) in [4.78, 5) is 38.7. The first kappa shape index (κ1) is 27.5. The van der Waals surface area contributed by atoms with Gasteiger partial charge in [0, 0.05) is 13.1 Å². The normalized spacial score (nSPS) is 17.9. The van der Waals surface area contributed by atoms with Crippen molar-refractivity contribution in [3.05, 3.63) is 83.9 Å². The Kier molecular flexibility index (Phi) is 8.70. The Balaban J connectivity index is 1.54. The number of methoxy groups -OCH3 is 2. The predicted octanol–water partition coefficient (Wildman–Crippen LogP) is 4.49. The van der Waals surface area contributed by atoms with Crippen LogP contribution in [0.15, 0.2) is 72.8 Å². The summed E-state index contributed by atoms with van der Waals surface area (Å²) in [7, 11) is 3.09. The van der Waals surface area contributed by atoms with Crippen molar-refractivity contribution >= 4 is 17.8 Å². The smallest absolute Gasteiger partial charge is 0.307 e. The van der Waals surface area contributed by atoms with Crippen LogP contribution in [-0.4, -0.2) is 53.7 Å². The number of benzene rings is 3. The zero-order chi connectivity index (χ0) is 27.9. The lowest BCUT2D eigenvalue weighted by Gasteiger charge is -2.41. The van der Waals surface area contributed by atoms with Gasteiger partial charge in [-0.1, -0.05) is 36.4 Å². The van der Waals surface area contributed by atoms with E-state index < -0.39 is 35.6 Å². The Morgan fingerprint density at radius 1 is 0.795 bits per heavy atom. The highest BCUT2D eigenvalue weighted by Crippen LogP contribution is 2.42. The van der Waals surface area contributed by atoms with Gasteiger partial charge in [-0.2, -0.15) is 0 Å². The molecule has 1 aliphatic rings. The third-order valence-corrected chi connectivity index (χ3v) is 7.00. The molecule has 0 bridgehead atoms. The summed E-state index contributed by atoms with van der Waals surface area (Å²) in [6.45, 7) is 0.443. The lowest BCUT2D eigenvalue weighted by molar-refractivity contribution is -0.171. The maximum Gasteiger partial charge on any atom is 0.307 e. The zero-order valence-corrected chi connectivity index (χ0v) is 21.8. The molecule has 2 N–H and O–H groups in total. The third kappa shape index (κ3) is 6.49. The molecule has 1 amide bonds. The number of carbonyl (C=O) groups excluding carboxylic acids is 1. The quantitative estimate of drug-likeness (QED) is 0.349. The lowest BCUT2D eigenvalue weighted by Crippen LogP contribution is -2.54. The van der Waals surface area contributed by atoms with Gasteiger partial charge in [-0.25, -0.2) is 0 Å². The minimum absolute atomic E-state index is 0.0594. The topological polar surface area (TPSA) is 123 Å². The van der Waals surface area contributed by atoms with Gasteiger partial charge in [0.2, 0.25) is 5.91 Å². The second-order valence-electron chi connectivity index (χ2n) is 9.41. The van der Waals surface area contributed by atoms with E-state index >= 15 is 0 Å². The molecule has 4 rings (SSSR count). The first-order valence-corrected chi connectivity index (χ1v) is 12.6. The molecule has 0 heterocycles. The van der Waals surface area contributed by atoms with Crippen LogP contribution in [0.3, 0.4) is 0 Å². The largest absolute Gasteiger partial charge is 0.493 e. The summed E-state index contributed by atoms with van der Waals surface area (Å²) in [6, 6.07) is 22.1. The second kappa shape index (κ2) is 12.3. The monoisotopic (exact) mass is 533 g/mol. The van der Waals surface area contributed by atoms with E-state index in [0.29, 0.717) is 29.4 Å². The number of para-hydroxylation sites is 1. The van der Waals surface area contributed by atoms with Crippen molar-refractivity contribution in [3.63, 3.8) is 0 Å². The van der Waals surface area contributed by atoms with Gasteiger partial charge >= 0.3 is 11.9 Å². The van der Waals surface area contributed by atoms with Gasteiger partial charge in [0.05, 0.1) is 32.0 Å². The SMILES string of the molecule is COc1ccc(CCN(Cc2ccc(Oc3ccccc3)cc2)C(=O)C2C(C(=O)O)CC2C(=O)O)cc1OC. The van der Waals surface area contributed by atoms with E-state index in [-0.39, 0.29) is 19.5 Å². The fourth-order valence-corrected chi connectivity index (χ4v) is 4.79. The maximum absolute atomic E-state index is 13.6. The van der Waals surface area contributed by atoms with E-state index in [0.717, 1.165) is 11.1 Å². The summed E-state index contributed by atoms with van der Waals surface area (Å²) in [6.07, 6.45) is 0.388. The molecule has 1 saturated carbocycles. The van der Waals surface area contributed by atoms with E-state index in [9.17, 15) is 24.6 Å². The average molecular weight is 534 g/mol. The highest BCUT2D eigenvalue weighted by molar-refractivity contribution is 5.92. The van der Waals surface area contributed by atoms with Crippen molar-refractivity contribution in [2.45, 2.75) is 19.4 Å². The number of ether oxygens (including phenoxy) is 3. The second-order valence-corrected chi connectivity index (χ2v) is 9.41.